The van der Waals surface area contributed by atoms with Gasteiger partial charge < -0.3 is 9.88 Å². The molecule has 2 nitrogen and oxygen atoms in total. The summed E-state index contributed by atoms with van der Waals surface area (Å²) in [5.74, 6) is 0.703. The van der Waals surface area contributed by atoms with Crippen LogP contribution < -0.4 is 5.32 Å². The van der Waals surface area contributed by atoms with E-state index in [-0.39, 0.29) is 0 Å². The summed E-state index contributed by atoms with van der Waals surface area (Å²) in [5, 5.41) is 3.47. The van der Waals surface area contributed by atoms with Crippen molar-refractivity contribution in [2.45, 2.75) is 33.9 Å². The molecule has 2 aromatic rings. The average Bonchev–Trinajstić information content (AvgIpc) is 2.76. The molecule has 0 amide bonds. The number of aromatic nitrogens is 1. The van der Waals surface area contributed by atoms with Gasteiger partial charge in [0.25, 0.3) is 0 Å². The summed E-state index contributed by atoms with van der Waals surface area (Å²) < 4.78 is 2.25. The Labute approximate surface area is 116 Å². The highest BCUT2D eigenvalue weighted by Crippen LogP contribution is 2.08. The van der Waals surface area contributed by atoms with Gasteiger partial charge in [0.2, 0.25) is 0 Å². The van der Waals surface area contributed by atoms with Crippen molar-refractivity contribution in [2.75, 3.05) is 6.54 Å². The van der Waals surface area contributed by atoms with Crippen molar-refractivity contribution in [3.8, 4) is 0 Å². The van der Waals surface area contributed by atoms with Gasteiger partial charge in [0.1, 0.15) is 0 Å². The van der Waals surface area contributed by atoms with E-state index >= 15 is 0 Å². The molecule has 0 unspecified atom stereocenters. The zero-order chi connectivity index (χ0) is 13.7. The SMILES string of the molecule is Cc1cccc(Cn2ccc(CNCC(C)C)c2)c1. The third-order valence-electron chi connectivity index (χ3n) is 3.14. The molecule has 0 aliphatic rings. The van der Waals surface area contributed by atoms with Crippen LogP contribution in [0, 0.1) is 12.8 Å². The molecule has 0 bridgehead atoms. The van der Waals surface area contributed by atoms with Crippen LogP contribution in [0.5, 0.6) is 0 Å². The molecule has 0 saturated heterocycles. The monoisotopic (exact) mass is 256 g/mol. The fraction of sp³-hybridized carbons (Fsp3) is 0.412. The zero-order valence-corrected chi connectivity index (χ0v) is 12.2. The minimum atomic E-state index is 0.703. The summed E-state index contributed by atoms with van der Waals surface area (Å²) in [6.07, 6.45) is 4.39. The first-order valence-corrected chi connectivity index (χ1v) is 7.04. The van der Waals surface area contributed by atoms with E-state index in [1.807, 2.05) is 0 Å². The molecule has 0 aliphatic carbocycles. The van der Waals surface area contributed by atoms with E-state index in [2.05, 4.69) is 73.4 Å². The van der Waals surface area contributed by atoms with E-state index in [0.29, 0.717) is 5.92 Å². The van der Waals surface area contributed by atoms with Gasteiger partial charge in [-0.25, -0.2) is 0 Å². The van der Waals surface area contributed by atoms with Gasteiger partial charge in [-0.05, 0) is 36.6 Å². The van der Waals surface area contributed by atoms with Crippen LogP contribution in [0.4, 0.5) is 0 Å². The maximum atomic E-state index is 3.47. The molecule has 0 saturated carbocycles. The lowest BCUT2D eigenvalue weighted by Crippen LogP contribution is -2.18. The second-order valence-corrected chi connectivity index (χ2v) is 5.71. The molecule has 1 aromatic heterocycles. The van der Waals surface area contributed by atoms with Crippen molar-refractivity contribution in [1.29, 1.82) is 0 Å². The molecular weight excluding hydrogens is 232 g/mol. The maximum Gasteiger partial charge on any atom is 0.0470 e. The molecule has 1 aromatic carbocycles. The first-order valence-electron chi connectivity index (χ1n) is 7.04. The van der Waals surface area contributed by atoms with E-state index in [1.165, 1.54) is 16.7 Å². The first kappa shape index (κ1) is 13.9. The summed E-state index contributed by atoms with van der Waals surface area (Å²) in [7, 11) is 0. The molecule has 2 heteroatoms. The predicted octanol–water partition coefficient (Wildman–Crippen LogP) is 3.59. The Morgan fingerprint density at radius 3 is 2.74 bits per heavy atom. The van der Waals surface area contributed by atoms with Gasteiger partial charge in [-0.1, -0.05) is 43.7 Å². The summed E-state index contributed by atoms with van der Waals surface area (Å²) in [6.45, 7) is 9.58. The third kappa shape index (κ3) is 4.56. The van der Waals surface area contributed by atoms with Crippen molar-refractivity contribution >= 4 is 0 Å². The smallest absolute Gasteiger partial charge is 0.0470 e. The average molecular weight is 256 g/mol. The predicted molar refractivity (Wildman–Crippen MR) is 81.3 cm³/mol. The van der Waals surface area contributed by atoms with E-state index in [0.717, 1.165) is 19.6 Å². The lowest BCUT2D eigenvalue weighted by Gasteiger charge is -2.06. The van der Waals surface area contributed by atoms with E-state index in [4.69, 9.17) is 0 Å². The number of nitrogens with one attached hydrogen (secondary N) is 1. The lowest BCUT2D eigenvalue weighted by molar-refractivity contribution is 0.552. The van der Waals surface area contributed by atoms with Crippen LogP contribution in [-0.4, -0.2) is 11.1 Å². The van der Waals surface area contributed by atoms with Gasteiger partial charge in [0, 0.05) is 25.5 Å². The molecule has 0 aliphatic heterocycles. The van der Waals surface area contributed by atoms with Crippen LogP contribution in [0.1, 0.15) is 30.5 Å². The number of hydrogen-bond donors (Lipinski definition) is 1. The topological polar surface area (TPSA) is 17.0 Å². The highest BCUT2D eigenvalue weighted by molar-refractivity contribution is 5.23. The molecule has 2 rings (SSSR count). The molecule has 0 radical (unpaired) electrons. The maximum absolute atomic E-state index is 3.47. The first-order chi connectivity index (χ1) is 9.13. The van der Waals surface area contributed by atoms with E-state index in [9.17, 15) is 0 Å². The Balaban J connectivity index is 1.90. The van der Waals surface area contributed by atoms with Crippen molar-refractivity contribution in [3.63, 3.8) is 0 Å². The second kappa shape index (κ2) is 6.58. The Morgan fingerprint density at radius 1 is 1.16 bits per heavy atom. The lowest BCUT2D eigenvalue weighted by atomic mass is 10.1. The van der Waals surface area contributed by atoms with Crippen LogP contribution in [0.25, 0.3) is 0 Å². The zero-order valence-electron chi connectivity index (χ0n) is 12.2. The number of hydrogen-bond acceptors (Lipinski definition) is 1. The standard InChI is InChI=1S/C17H24N2/c1-14(2)10-18-11-17-7-8-19(13-17)12-16-6-4-5-15(3)9-16/h4-9,13-14,18H,10-12H2,1-3H3. The van der Waals surface area contributed by atoms with Gasteiger partial charge >= 0.3 is 0 Å². The highest BCUT2D eigenvalue weighted by atomic mass is 14.9. The Hall–Kier alpha value is -1.54. The van der Waals surface area contributed by atoms with Crippen molar-refractivity contribution in [1.82, 2.24) is 9.88 Å². The van der Waals surface area contributed by atoms with Crippen molar-refractivity contribution in [2.24, 2.45) is 5.92 Å². The van der Waals surface area contributed by atoms with Crippen LogP contribution in [0.3, 0.4) is 0 Å². The molecule has 102 valence electrons. The number of benzene rings is 1. The van der Waals surface area contributed by atoms with Gasteiger partial charge in [-0.2, -0.15) is 0 Å². The number of rotatable bonds is 6. The quantitative estimate of drug-likeness (QED) is 0.835. The molecule has 0 spiro atoms. The Kier molecular flexibility index (Phi) is 4.80. The fourth-order valence-corrected chi connectivity index (χ4v) is 2.22. The fourth-order valence-electron chi connectivity index (χ4n) is 2.22. The third-order valence-corrected chi connectivity index (χ3v) is 3.14. The van der Waals surface area contributed by atoms with Gasteiger partial charge in [0.05, 0.1) is 0 Å². The number of aryl methyl sites for hydroxylation is 1. The van der Waals surface area contributed by atoms with Gasteiger partial charge in [-0.3, -0.25) is 0 Å². The molecule has 1 heterocycles. The minimum absolute atomic E-state index is 0.703. The molecule has 19 heavy (non-hydrogen) atoms. The Morgan fingerprint density at radius 2 is 2.00 bits per heavy atom. The highest BCUT2D eigenvalue weighted by Gasteiger charge is 1.99. The summed E-state index contributed by atoms with van der Waals surface area (Å²) >= 11 is 0. The van der Waals surface area contributed by atoms with E-state index in [1.54, 1.807) is 0 Å². The molecule has 0 fully saturated rings. The summed E-state index contributed by atoms with van der Waals surface area (Å²) in [5.41, 5.74) is 4.04. The largest absolute Gasteiger partial charge is 0.350 e. The van der Waals surface area contributed by atoms with Crippen molar-refractivity contribution < 1.29 is 0 Å². The van der Waals surface area contributed by atoms with Crippen LogP contribution in [0.15, 0.2) is 42.7 Å². The summed E-state index contributed by atoms with van der Waals surface area (Å²) in [6, 6.07) is 10.9. The molecule has 0 atom stereocenters. The van der Waals surface area contributed by atoms with Gasteiger partial charge in [-0.15, -0.1) is 0 Å². The minimum Gasteiger partial charge on any atom is -0.350 e. The van der Waals surface area contributed by atoms with Crippen LogP contribution in [-0.2, 0) is 13.1 Å². The van der Waals surface area contributed by atoms with Crippen molar-refractivity contribution in [3.05, 3.63) is 59.4 Å². The van der Waals surface area contributed by atoms with Gasteiger partial charge in [0.15, 0.2) is 0 Å². The van der Waals surface area contributed by atoms with Crippen LogP contribution in [0.2, 0.25) is 0 Å². The van der Waals surface area contributed by atoms with Crippen LogP contribution >= 0.6 is 0 Å². The number of nitrogens with zero attached hydrogens (tertiary/aromatic N) is 1. The Bertz CT molecular complexity index is 511. The molecule has 1 N–H and O–H groups in total. The van der Waals surface area contributed by atoms with E-state index < -0.39 is 0 Å². The summed E-state index contributed by atoms with van der Waals surface area (Å²) in [4.78, 5) is 0. The molecular formula is C17H24N2. The normalized spacial score (nSPS) is 11.2. The second-order valence-electron chi connectivity index (χ2n) is 5.71.